The second-order valence-electron chi connectivity index (χ2n) is 2.26. The van der Waals surface area contributed by atoms with E-state index >= 15 is 0 Å². The number of carbonyl (C=O) groups is 1. The molecule has 0 radical (unpaired) electrons. The van der Waals surface area contributed by atoms with Gasteiger partial charge in [0.05, 0.1) is 13.2 Å². The summed E-state index contributed by atoms with van der Waals surface area (Å²) in [5.74, 6) is -0.635. The highest BCUT2D eigenvalue weighted by molar-refractivity contribution is 6.26. The predicted octanol–water partition coefficient (Wildman–Crippen LogP) is 1.17. The van der Waals surface area contributed by atoms with Gasteiger partial charge < -0.3 is 14.2 Å². The van der Waals surface area contributed by atoms with Gasteiger partial charge in [0.15, 0.2) is 6.29 Å². The van der Waals surface area contributed by atoms with E-state index in [1.807, 2.05) is 6.92 Å². The van der Waals surface area contributed by atoms with Crippen molar-refractivity contribution < 1.29 is 19.0 Å². The van der Waals surface area contributed by atoms with E-state index in [1.54, 1.807) is 6.92 Å². The molecule has 0 amide bonds. The summed E-state index contributed by atoms with van der Waals surface area (Å²) >= 11 is 5.23. The van der Waals surface area contributed by atoms with E-state index in [1.165, 1.54) is 0 Å². The number of esters is 1. The largest absolute Gasteiger partial charge is 0.435 e. The molecule has 5 heteroatoms. The molecule has 0 aliphatic heterocycles. The topological polar surface area (TPSA) is 44.8 Å². The lowest BCUT2D eigenvalue weighted by Gasteiger charge is -2.12. The van der Waals surface area contributed by atoms with Crippen molar-refractivity contribution in [1.29, 1.82) is 0 Å². The minimum Gasteiger partial charge on any atom is -0.435 e. The molecule has 0 bridgehead atoms. The standard InChI is InChI=1S/C8H15ClO4/c1-3-11-4-5-12-7(2)13-8(10)6-9/h7H,3-6H2,1-2H3. The molecule has 0 heterocycles. The number of carbonyl (C=O) groups excluding carboxylic acids is 1. The zero-order chi connectivity index (χ0) is 10.1. The van der Waals surface area contributed by atoms with Gasteiger partial charge in [-0.1, -0.05) is 0 Å². The number of ether oxygens (including phenoxy) is 3. The lowest BCUT2D eigenvalue weighted by Crippen LogP contribution is -2.20. The van der Waals surface area contributed by atoms with Gasteiger partial charge in [-0.3, -0.25) is 4.79 Å². The Labute approximate surface area is 83.1 Å². The van der Waals surface area contributed by atoms with E-state index in [9.17, 15) is 4.79 Å². The van der Waals surface area contributed by atoms with Gasteiger partial charge in [0.25, 0.3) is 0 Å². The molecule has 4 nitrogen and oxygen atoms in total. The van der Waals surface area contributed by atoms with Crippen LogP contribution < -0.4 is 0 Å². The first-order valence-corrected chi connectivity index (χ1v) is 4.69. The second kappa shape index (κ2) is 8.29. The molecule has 0 N–H and O–H groups in total. The van der Waals surface area contributed by atoms with Crippen LogP contribution in [-0.2, 0) is 19.0 Å². The number of rotatable bonds is 7. The molecule has 1 unspecified atom stereocenters. The van der Waals surface area contributed by atoms with Crippen molar-refractivity contribution in [2.24, 2.45) is 0 Å². The summed E-state index contributed by atoms with van der Waals surface area (Å²) in [6, 6.07) is 0. The lowest BCUT2D eigenvalue weighted by molar-refractivity contribution is -0.173. The van der Waals surface area contributed by atoms with Crippen LogP contribution in [0.25, 0.3) is 0 Å². The maximum absolute atomic E-state index is 10.6. The summed E-state index contributed by atoms with van der Waals surface area (Å²) < 4.78 is 14.8. The Morgan fingerprint density at radius 1 is 1.46 bits per heavy atom. The second-order valence-corrected chi connectivity index (χ2v) is 2.53. The molecule has 78 valence electrons. The summed E-state index contributed by atoms with van der Waals surface area (Å²) in [4.78, 5) is 10.6. The van der Waals surface area contributed by atoms with Gasteiger partial charge in [0, 0.05) is 6.61 Å². The number of hydrogen-bond acceptors (Lipinski definition) is 4. The summed E-state index contributed by atoms with van der Waals surface area (Å²) in [5, 5.41) is 0. The quantitative estimate of drug-likeness (QED) is 0.274. The SMILES string of the molecule is CCOCCOC(C)OC(=O)CCl. The van der Waals surface area contributed by atoms with Crippen molar-refractivity contribution in [1.82, 2.24) is 0 Å². The van der Waals surface area contributed by atoms with E-state index in [-0.39, 0.29) is 5.88 Å². The molecule has 0 fully saturated rings. The molecule has 0 aromatic carbocycles. The Bertz CT molecular complexity index is 140. The zero-order valence-corrected chi connectivity index (χ0v) is 8.67. The zero-order valence-electron chi connectivity index (χ0n) is 7.92. The minimum absolute atomic E-state index is 0.154. The monoisotopic (exact) mass is 210 g/mol. The van der Waals surface area contributed by atoms with Crippen molar-refractivity contribution in [3.05, 3.63) is 0 Å². The third-order valence-corrected chi connectivity index (χ3v) is 1.41. The molecule has 0 aromatic heterocycles. The van der Waals surface area contributed by atoms with E-state index in [0.29, 0.717) is 19.8 Å². The normalized spacial score (nSPS) is 12.5. The van der Waals surface area contributed by atoms with E-state index < -0.39 is 12.3 Å². The molecule has 0 aliphatic carbocycles. The number of alkyl halides is 1. The van der Waals surface area contributed by atoms with Crippen molar-refractivity contribution in [3.8, 4) is 0 Å². The third kappa shape index (κ3) is 8.02. The summed E-state index contributed by atoms with van der Waals surface area (Å²) in [7, 11) is 0. The van der Waals surface area contributed by atoms with Crippen LogP contribution in [0.15, 0.2) is 0 Å². The van der Waals surface area contributed by atoms with Gasteiger partial charge in [-0.15, -0.1) is 11.6 Å². The molecule has 0 saturated carbocycles. The van der Waals surface area contributed by atoms with Crippen molar-refractivity contribution in [2.45, 2.75) is 20.1 Å². The fourth-order valence-corrected chi connectivity index (χ4v) is 0.731. The fraction of sp³-hybridized carbons (Fsp3) is 0.875. The number of hydrogen-bond donors (Lipinski definition) is 0. The first kappa shape index (κ1) is 12.7. The van der Waals surface area contributed by atoms with Crippen molar-refractivity contribution >= 4 is 17.6 Å². The highest BCUT2D eigenvalue weighted by Crippen LogP contribution is 1.95. The maximum atomic E-state index is 10.6. The van der Waals surface area contributed by atoms with E-state index in [4.69, 9.17) is 25.8 Å². The van der Waals surface area contributed by atoms with Crippen LogP contribution in [0.3, 0.4) is 0 Å². The van der Waals surface area contributed by atoms with Crippen molar-refractivity contribution in [3.63, 3.8) is 0 Å². The van der Waals surface area contributed by atoms with Gasteiger partial charge in [-0.05, 0) is 13.8 Å². The van der Waals surface area contributed by atoms with E-state index in [2.05, 4.69) is 0 Å². The average Bonchev–Trinajstić information content (AvgIpc) is 2.12. The Hall–Kier alpha value is -0.320. The summed E-state index contributed by atoms with van der Waals surface area (Å²) in [6.07, 6.45) is -0.563. The van der Waals surface area contributed by atoms with Crippen LogP contribution in [0.4, 0.5) is 0 Å². The van der Waals surface area contributed by atoms with Crippen molar-refractivity contribution in [2.75, 3.05) is 25.7 Å². The van der Waals surface area contributed by atoms with Crippen LogP contribution in [0.5, 0.6) is 0 Å². The van der Waals surface area contributed by atoms with Crippen LogP contribution in [0.2, 0.25) is 0 Å². The van der Waals surface area contributed by atoms with Gasteiger partial charge in [-0.25, -0.2) is 0 Å². The van der Waals surface area contributed by atoms with E-state index in [0.717, 1.165) is 0 Å². The van der Waals surface area contributed by atoms with Gasteiger partial charge in [0.2, 0.25) is 0 Å². The van der Waals surface area contributed by atoms with Crippen LogP contribution in [0, 0.1) is 0 Å². The fourth-order valence-electron chi connectivity index (χ4n) is 0.668. The molecule has 0 aromatic rings. The number of halogens is 1. The molecule has 1 atom stereocenters. The predicted molar refractivity (Wildman–Crippen MR) is 48.7 cm³/mol. The molecular weight excluding hydrogens is 196 g/mol. The Kier molecular flexibility index (Phi) is 8.08. The highest BCUT2D eigenvalue weighted by Gasteiger charge is 2.07. The summed E-state index contributed by atoms with van der Waals surface area (Å²) in [5.41, 5.74) is 0. The summed E-state index contributed by atoms with van der Waals surface area (Å²) in [6.45, 7) is 5.09. The maximum Gasteiger partial charge on any atom is 0.323 e. The Balaban J connectivity index is 3.29. The van der Waals surface area contributed by atoms with Crippen LogP contribution in [-0.4, -0.2) is 38.0 Å². The van der Waals surface area contributed by atoms with Gasteiger partial charge >= 0.3 is 5.97 Å². The first-order chi connectivity index (χ1) is 6.20. The lowest BCUT2D eigenvalue weighted by atomic mass is 10.7. The molecule has 0 rings (SSSR count). The minimum atomic E-state index is -0.563. The molecule has 13 heavy (non-hydrogen) atoms. The molecule has 0 spiro atoms. The Morgan fingerprint density at radius 2 is 2.15 bits per heavy atom. The van der Waals surface area contributed by atoms with Gasteiger partial charge in [0.1, 0.15) is 5.88 Å². The van der Waals surface area contributed by atoms with Crippen LogP contribution >= 0.6 is 11.6 Å². The molecule has 0 aliphatic rings. The third-order valence-electron chi connectivity index (χ3n) is 1.19. The van der Waals surface area contributed by atoms with Gasteiger partial charge in [-0.2, -0.15) is 0 Å². The average molecular weight is 211 g/mol. The first-order valence-electron chi connectivity index (χ1n) is 4.15. The smallest absolute Gasteiger partial charge is 0.323 e. The Morgan fingerprint density at radius 3 is 2.69 bits per heavy atom. The highest BCUT2D eigenvalue weighted by atomic mass is 35.5. The van der Waals surface area contributed by atoms with Crippen LogP contribution in [0.1, 0.15) is 13.8 Å². The molecule has 0 saturated heterocycles. The molecular formula is C8H15ClO4.